The molecule has 4 nitrogen and oxygen atoms in total. The second-order valence-electron chi connectivity index (χ2n) is 5.33. The summed E-state index contributed by atoms with van der Waals surface area (Å²) in [5.74, 6) is 1.00. The van der Waals surface area contributed by atoms with Gasteiger partial charge in [0.2, 0.25) is 5.95 Å². The Labute approximate surface area is 148 Å². The summed E-state index contributed by atoms with van der Waals surface area (Å²) >= 11 is 3.41. The van der Waals surface area contributed by atoms with Gasteiger partial charge in [-0.05, 0) is 48.9 Å². The lowest BCUT2D eigenvalue weighted by Crippen LogP contribution is -2.05. The van der Waals surface area contributed by atoms with Crippen molar-refractivity contribution in [2.45, 2.75) is 13.5 Å². The molecular weight excluding hydrogens is 371 g/mol. The van der Waals surface area contributed by atoms with Gasteiger partial charge in [-0.3, -0.25) is 0 Å². The van der Waals surface area contributed by atoms with Crippen molar-refractivity contribution < 1.29 is 4.39 Å². The molecule has 0 spiro atoms. The minimum Gasteiger partial charge on any atom is -0.366 e. The highest BCUT2D eigenvalue weighted by Gasteiger charge is 2.03. The molecule has 122 valence electrons. The molecule has 0 aliphatic rings. The number of benzene rings is 2. The van der Waals surface area contributed by atoms with Crippen molar-refractivity contribution in [3.63, 3.8) is 0 Å². The van der Waals surface area contributed by atoms with Crippen LogP contribution in [0.15, 0.2) is 59.1 Å². The van der Waals surface area contributed by atoms with Crippen LogP contribution in [0.25, 0.3) is 0 Å². The van der Waals surface area contributed by atoms with E-state index in [1.807, 2.05) is 37.3 Å². The number of halogens is 2. The van der Waals surface area contributed by atoms with E-state index in [0.29, 0.717) is 18.3 Å². The van der Waals surface area contributed by atoms with Crippen LogP contribution in [0.3, 0.4) is 0 Å². The summed E-state index contributed by atoms with van der Waals surface area (Å²) in [6, 6.07) is 16.1. The molecular formula is C18H16BrFN4. The van der Waals surface area contributed by atoms with Crippen LogP contribution < -0.4 is 10.6 Å². The zero-order valence-corrected chi connectivity index (χ0v) is 14.6. The molecule has 0 radical (unpaired) electrons. The van der Waals surface area contributed by atoms with Gasteiger partial charge in [-0.1, -0.05) is 28.1 Å². The van der Waals surface area contributed by atoms with Gasteiger partial charge >= 0.3 is 0 Å². The molecule has 0 saturated carbocycles. The van der Waals surface area contributed by atoms with Gasteiger partial charge in [0.25, 0.3) is 0 Å². The average molecular weight is 387 g/mol. The molecule has 0 atom stereocenters. The summed E-state index contributed by atoms with van der Waals surface area (Å²) < 4.78 is 13.9. The molecule has 0 amide bonds. The SMILES string of the molecule is Cc1cc(NCc2ccc(F)cc2)nc(Nc2ccc(Br)cc2)n1. The first-order chi connectivity index (χ1) is 11.6. The highest BCUT2D eigenvalue weighted by molar-refractivity contribution is 9.10. The van der Waals surface area contributed by atoms with E-state index in [4.69, 9.17) is 0 Å². The largest absolute Gasteiger partial charge is 0.366 e. The third-order valence-electron chi connectivity index (χ3n) is 3.34. The second-order valence-corrected chi connectivity index (χ2v) is 6.25. The van der Waals surface area contributed by atoms with Crippen molar-refractivity contribution in [2.24, 2.45) is 0 Å². The molecule has 0 aliphatic heterocycles. The van der Waals surface area contributed by atoms with E-state index < -0.39 is 0 Å². The first-order valence-corrected chi connectivity index (χ1v) is 8.24. The van der Waals surface area contributed by atoms with Crippen molar-refractivity contribution >= 4 is 33.4 Å². The van der Waals surface area contributed by atoms with Gasteiger partial charge in [0.05, 0.1) is 0 Å². The van der Waals surface area contributed by atoms with Gasteiger partial charge in [0.1, 0.15) is 11.6 Å². The molecule has 2 aromatic carbocycles. The standard InChI is InChI=1S/C18H16BrFN4/c1-12-10-17(21-11-13-2-6-15(20)7-3-13)24-18(22-12)23-16-8-4-14(19)5-9-16/h2-10H,11H2,1H3,(H2,21,22,23,24). The third-order valence-corrected chi connectivity index (χ3v) is 3.87. The van der Waals surface area contributed by atoms with Crippen molar-refractivity contribution in [3.8, 4) is 0 Å². The number of hydrogen-bond donors (Lipinski definition) is 2. The molecule has 1 aromatic heterocycles. The fourth-order valence-electron chi connectivity index (χ4n) is 2.17. The predicted octanol–water partition coefficient (Wildman–Crippen LogP) is 5.04. The summed E-state index contributed by atoms with van der Waals surface area (Å²) in [4.78, 5) is 8.86. The number of aryl methyl sites for hydroxylation is 1. The Balaban J connectivity index is 1.71. The van der Waals surface area contributed by atoms with Crippen LogP contribution in [0, 0.1) is 12.7 Å². The molecule has 24 heavy (non-hydrogen) atoms. The number of hydrogen-bond acceptors (Lipinski definition) is 4. The molecule has 3 aromatic rings. The molecule has 0 bridgehead atoms. The molecule has 1 heterocycles. The van der Waals surface area contributed by atoms with Crippen LogP contribution in [-0.4, -0.2) is 9.97 Å². The number of nitrogens with zero attached hydrogens (tertiary/aromatic N) is 2. The Kier molecular flexibility index (Phi) is 5.05. The smallest absolute Gasteiger partial charge is 0.229 e. The van der Waals surface area contributed by atoms with Crippen LogP contribution in [0.4, 0.5) is 21.8 Å². The van der Waals surface area contributed by atoms with Crippen LogP contribution >= 0.6 is 15.9 Å². The maximum Gasteiger partial charge on any atom is 0.229 e. The van der Waals surface area contributed by atoms with E-state index in [-0.39, 0.29) is 5.82 Å². The molecule has 2 N–H and O–H groups in total. The first-order valence-electron chi connectivity index (χ1n) is 7.45. The van der Waals surface area contributed by atoms with Gasteiger partial charge in [-0.2, -0.15) is 4.98 Å². The van der Waals surface area contributed by atoms with Crippen LogP contribution in [0.2, 0.25) is 0 Å². The van der Waals surface area contributed by atoms with Gasteiger partial charge in [0, 0.05) is 28.5 Å². The van der Waals surface area contributed by atoms with Crippen LogP contribution in [0.1, 0.15) is 11.3 Å². The summed E-state index contributed by atoms with van der Waals surface area (Å²) in [6.45, 7) is 2.48. The summed E-state index contributed by atoms with van der Waals surface area (Å²) in [5, 5.41) is 6.42. The lowest BCUT2D eigenvalue weighted by Gasteiger charge is -2.10. The lowest BCUT2D eigenvalue weighted by atomic mass is 10.2. The van der Waals surface area contributed by atoms with E-state index in [1.54, 1.807) is 12.1 Å². The highest BCUT2D eigenvalue weighted by Crippen LogP contribution is 2.19. The van der Waals surface area contributed by atoms with Crippen LogP contribution in [0.5, 0.6) is 0 Å². The van der Waals surface area contributed by atoms with E-state index >= 15 is 0 Å². The summed E-state index contributed by atoms with van der Waals surface area (Å²) in [7, 11) is 0. The Hall–Kier alpha value is -2.47. The first kappa shape index (κ1) is 16.4. The highest BCUT2D eigenvalue weighted by atomic mass is 79.9. The van der Waals surface area contributed by atoms with Crippen molar-refractivity contribution in [2.75, 3.05) is 10.6 Å². The quantitative estimate of drug-likeness (QED) is 0.644. The third kappa shape index (κ3) is 4.52. The fourth-order valence-corrected chi connectivity index (χ4v) is 2.44. The van der Waals surface area contributed by atoms with Crippen molar-refractivity contribution in [3.05, 3.63) is 76.1 Å². The molecule has 3 rings (SSSR count). The van der Waals surface area contributed by atoms with Crippen molar-refractivity contribution in [1.29, 1.82) is 0 Å². The number of nitrogens with one attached hydrogen (secondary N) is 2. The van der Waals surface area contributed by atoms with E-state index in [2.05, 4.69) is 36.5 Å². The lowest BCUT2D eigenvalue weighted by molar-refractivity contribution is 0.627. The second kappa shape index (κ2) is 7.40. The monoisotopic (exact) mass is 386 g/mol. The zero-order valence-electron chi connectivity index (χ0n) is 13.1. The van der Waals surface area contributed by atoms with E-state index in [1.165, 1.54) is 12.1 Å². The predicted molar refractivity (Wildman–Crippen MR) is 97.9 cm³/mol. The maximum absolute atomic E-state index is 12.9. The molecule has 0 unspecified atom stereocenters. The molecule has 0 saturated heterocycles. The summed E-state index contributed by atoms with van der Waals surface area (Å²) in [5.41, 5.74) is 2.74. The molecule has 0 aliphatic carbocycles. The minimum atomic E-state index is -0.238. The average Bonchev–Trinajstić information content (AvgIpc) is 2.56. The Morgan fingerprint density at radius 1 is 1.00 bits per heavy atom. The zero-order chi connectivity index (χ0) is 16.9. The van der Waals surface area contributed by atoms with Gasteiger partial charge in [0.15, 0.2) is 0 Å². The van der Waals surface area contributed by atoms with Gasteiger partial charge in [-0.15, -0.1) is 0 Å². The Morgan fingerprint density at radius 2 is 1.71 bits per heavy atom. The van der Waals surface area contributed by atoms with Crippen molar-refractivity contribution in [1.82, 2.24) is 9.97 Å². The van der Waals surface area contributed by atoms with Crippen LogP contribution in [-0.2, 0) is 6.54 Å². The van der Waals surface area contributed by atoms with E-state index in [9.17, 15) is 4.39 Å². The summed E-state index contributed by atoms with van der Waals surface area (Å²) in [6.07, 6.45) is 0. The topological polar surface area (TPSA) is 49.8 Å². The normalized spacial score (nSPS) is 10.5. The number of aromatic nitrogens is 2. The Bertz CT molecular complexity index is 819. The Morgan fingerprint density at radius 3 is 2.42 bits per heavy atom. The number of anilines is 3. The molecule has 0 fully saturated rings. The van der Waals surface area contributed by atoms with E-state index in [0.717, 1.165) is 21.4 Å². The minimum absolute atomic E-state index is 0.238. The van der Waals surface area contributed by atoms with Gasteiger partial charge in [-0.25, -0.2) is 9.37 Å². The number of rotatable bonds is 5. The maximum atomic E-state index is 12.9. The van der Waals surface area contributed by atoms with Gasteiger partial charge < -0.3 is 10.6 Å². The molecule has 6 heteroatoms. The fraction of sp³-hybridized carbons (Fsp3) is 0.111.